The first kappa shape index (κ1) is 14.2. The number of carbonyl (C=O) groups excluding carboxylic acids is 1. The molecule has 0 heterocycles. The zero-order valence-electron chi connectivity index (χ0n) is 11.3. The van der Waals surface area contributed by atoms with Crippen LogP contribution in [0.5, 0.6) is 0 Å². The zero-order chi connectivity index (χ0) is 14.3. The van der Waals surface area contributed by atoms with Gasteiger partial charge in [0.25, 0.3) is 0 Å². The first-order chi connectivity index (χ1) is 9.83. The summed E-state index contributed by atoms with van der Waals surface area (Å²) in [6.07, 6.45) is 5.06. The fraction of sp³-hybridized carbons (Fsp3) is 0.167. The molecule has 0 bridgehead atoms. The van der Waals surface area contributed by atoms with Gasteiger partial charge in [0.2, 0.25) is 0 Å². The second kappa shape index (κ2) is 6.83. The van der Waals surface area contributed by atoms with Gasteiger partial charge in [0.15, 0.2) is 0 Å². The summed E-state index contributed by atoms with van der Waals surface area (Å²) in [5.41, 5.74) is 1.22. The van der Waals surface area contributed by atoms with Crippen molar-refractivity contribution >= 4 is 6.29 Å². The summed E-state index contributed by atoms with van der Waals surface area (Å²) >= 11 is 0. The third-order valence-electron chi connectivity index (χ3n) is 3.49. The van der Waals surface area contributed by atoms with E-state index in [9.17, 15) is 4.79 Å². The van der Waals surface area contributed by atoms with Crippen LogP contribution in [0.3, 0.4) is 0 Å². The summed E-state index contributed by atoms with van der Waals surface area (Å²) in [6.45, 7) is -0.0154. The van der Waals surface area contributed by atoms with E-state index in [2.05, 4.69) is 0 Å². The molecular formula is C18H18O2. The Balaban J connectivity index is 2.52. The monoisotopic (exact) mass is 266 g/mol. The van der Waals surface area contributed by atoms with Crippen LogP contribution >= 0.6 is 0 Å². The molecule has 0 unspecified atom stereocenters. The number of aliphatic hydroxyl groups excluding tert-OH is 1. The molecule has 0 aliphatic heterocycles. The Morgan fingerprint density at radius 2 is 1.35 bits per heavy atom. The summed E-state index contributed by atoms with van der Waals surface area (Å²) in [5, 5.41) is 8.90. The lowest BCUT2D eigenvalue weighted by molar-refractivity contribution is -0.111. The fourth-order valence-corrected chi connectivity index (χ4v) is 2.40. The number of allylic oxidation sites excluding steroid dienone is 1. The largest absolute Gasteiger partial charge is 0.392 e. The van der Waals surface area contributed by atoms with Gasteiger partial charge in [-0.2, -0.15) is 0 Å². The third-order valence-corrected chi connectivity index (χ3v) is 3.49. The average molecular weight is 266 g/mol. The van der Waals surface area contributed by atoms with Gasteiger partial charge < -0.3 is 9.90 Å². The molecule has 102 valence electrons. The highest BCUT2D eigenvalue weighted by molar-refractivity contribution is 5.75. The number of benzene rings is 2. The smallest absolute Gasteiger partial charge is 0.135 e. The van der Waals surface area contributed by atoms with Crippen molar-refractivity contribution in [3.8, 4) is 0 Å². The second-order valence-corrected chi connectivity index (χ2v) is 4.68. The van der Waals surface area contributed by atoms with E-state index in [0.29, 0.717) is 6.42 Å². The molecular weight excluding hydrogens is 248 g/mol. The van der Waals surface area contributed by atoms with Crippen molar-refractivity contribution in [3.63, 3.8) is 0 Å². The van der Waals surface area contributed by atoms with Crippen molar-refractivity contribution < 1.29 is 9.90 Å². The minimum absolute atomic E-state index is 0.0154. The van der Waals surface area contributed by atoms with Crippen LogP contribution in [-0.4, -0.2) is 18.0 Å². The van der Waals surface area contributed by atoms with Gasteiger partial charge in [-0.1, -0.05) is 72.8 Å². The van der Waals surface area contributed by atoms with Crippen LogP contribution in [0.2, 0.25) is 0 Å². The van der Waals surface area contributed by atoms with Gasteiger partial charge in [-0.3, -0.25) is 0 Å². The predicted octanol–water partition coefficient (Wildman–Crippen LogP) is 3.11. The van der Waals surface area contributed by atoms with Gasteiger partial charge in [0, 0.05) is 0 Å². The van der Waals surface area contributed by atoms with E-state index in [1.54, 1.807) is 6.08 Å². The fourth-order valence-electron chi connectivity index (χ4n) is 2.40. The number of aldehydes is 1. The Kier molecular flexibility index (Phi) is 4.85. The van der Waals surface area contributed by atoms with E-state index in [0.717, 1.165) is 17.4 Å². The van der Waals surface area contributed by atoms with Crippen LogP contribution in [0.15, 0.2) is 72.8 Å². The van der Waals surface area contributed by atoms with Gasteiger partial charge in [-0.05, 0) is 17.5 Å². The average Bonchev–Trinajstić information content (AvgIpc) is 2.54. The predicted molar refractivity (Wildman–Crippen MR) is 80.6 cm³/mol. The quantitative estimate of drug-likeness (QED) is 0.644. The number of aliphatic hydroxyl groups is 1. The van der Waals surface area contributed by atoms with Crippen molar-refractivity contribution in [3.05, 3.63) is 83.9 Å². The van der Waals surface area contributed by atoms with Crippen molar-refractivity contribution in [1.82, 2.24) is 0 Å². The molecule has 2 rings (SSSR count). The molecule has 0 aliphatic rings. The summed E-state index contributed by atoms with van der Waals surface area (Å²) in [6, 6.07) is 19.5. The molecule has 2 aromatic rings. The van der Waals surface area contributed by atoms with Crippen LogP contribution in [0.4, 0.5) is 0 Å². The Morgan fingerprint density at radius 3 is 1.75 bits per heavy atom. The molecule has 0 aliphatic carbocycles. The van der Waals surface area contributed by atoms with E-state index in [1.807, 2.05) is 66.7 Å². The summed E-state index contributed by atoms with van der Waals surface area (Å²) in [4.78, 5) is 11.9. The maximum absolute atomic E-state index is 11.9. The van der Waals surface area contributed by atoms with Gasteiger partial charge in [-0.25, -0.2) is 0 Å². The molecule has 0 amide bonds. The molecule has 2 aromatic carbocycles. The Labute approximate surface area is 119 Å². The van der Waals surface area contributed by atoms with Gasteiger partial charge in [0.05, 0.1) is 12.0 Å². The SMILES string of the molecule is O=CC(C/C=C/CO)(c1ccccc1)c1ccccc1. The number of hydrogen-bond acceptors (Lipinski definition) is 2. The zero-order valence-corrected chi connectivity index (χ0v) is 11.3. The van der Waals surface area contributed by atoms with Crippen LogP contribution in [0.1, 0.15) is 17.5 Å². The first-order valence-corrected chi connectivity index (χ1v) is 6.67. The number of hydrogen-bond donors (Lipinski definition) is 1. The van der Waals surface area contributed by atoms with Crippen LogP contribution < -0.4 is 0 Å². The van der Waals surface area contributed by atoms with Crippen molar-refractivity contribution in [1.29, 1.82) is 0 Å². The topological polar surface area (TPSA) is 37.3 Å². The van der Waals surface area contributed by atoms with Crippen molar-refractivity contribution in [2.45, 2.75) is 11.8 Å². The Morgan fingerprint density at radius 1 is 0.850 bits per heavy atom. The maximum Gasteiger partial charge on any atom is 0.135 e. The second-order valence-electron chi connectivity index (χ2n) is 4.68. The highest BCUT2D eigenvalue weighted by Gasteiger charge is 2.32. The lowest BCUT2D eigenvalue weighted by atomic mass is 9.73. The minimum Gasteiger partial charge on any atom is -0.392 e. The summed E-state index contributed by atoms with van der Waals surface area (Å²) in [7, 11) is 0. The van der Waals surface area contributed by atoms with E-state index in [4.69, 9.17) is 5.11 Å². The normalized spacial score (nSPS) is 11.7. The van der Waals surface area contributed by atoms with E-state index < -0.39 is 5.41 Å². The highest BCUT2D eigenvalue weighted by Crippen LogP contribution is 2.34. The molecule has 2 heteroatoms. The lowest BCUT2D eigenvalue weighted by Gasteiger charge is -2.28. The molecule has 1 N–H and O–H groups in total. The van der Waals surface area contributed by atoms with Gasteiger partial charge >= 0.3 is 0 Å². The third kappa shape index (κ3) is 2.86. The molecule has 0 saturated heterocycles. The van der Waals surface area contributed by atoms with Crippen molar-refractivity contribution in [2.24, 2.45) is 0 Å². The van der Waals surface area contributed by atoms with Crippen molar-refractivity contribution in [2.75, 3.05) is 6.61 Å². The van der Waals surface area contributed by atoms with Crippen LogP contribution in [0, 0.1) is 0 Å². The van der Waals surface area contributed by atoms with E-state index in [-0.39, 0.29) is 6.61 Å². The first-order valence-electron chi connectivity index (χ1n) is 6.67. The molecule has 0 radical (unpaired) electrons. The molecule has 0 aromatic heterocycles. The van der Waals surface area contributed by atoms with Crippen LogP contribution in [0.25, 0.3) is 0 Å². The summed E-state index contributed by atoms with van der Waals surface area (Å²) in [5.74, 6) is 0. The minimum atomic E-state index is -0.700. The molecule has 0 saturated carbocycles. The molecule has 0 fully saturated rings. The number of carbonyl (C=O) groups is 1. The molecule has 0 spiro atoms. The molecule has 20 heavy (non-hydrogen) atoms. The van der Waals surface area contributed by atoms with Gasteiger partial charge in [0.1, 0.15) is 6.29 Å². The molecule has 2 nitrogen and oxygen atoms in total. The van der Waals surface area contributed by atoms with E-state index >= 15 is 0 Å². The Bertz CT molecular complexity index is 519. The molecule has 0 atom stereocenters. The summed E-state index contributed by atoms with van der Waals surface area (Å²) < 4.78 is 0. The highest BCUT2D eigenvalue weighted by atomic mass is 16.2. The lowest BCUT2D eigenvalue weighted by Crippen LogP contribution is -2.29. The van der Waals surface area contributed by atoms with Crippen LogP contribution in [-0.2, 0) is 10.2 Å². The van der Waals surface area contributed by atoms with E-state index in [1.165, 1.54) is 0 Å². The standard InChI is InChI=1S/C18H18O2/c19-14-8-7-13-18(15-20,16-9-3-1-4-10-16)17-11-5-2-6-12-17/h1-12,15,19H,13-14H2/b8-7+. The Hall–Kier alpha value is -2.19. The van der Waals surface area contributed by atoms with Gasteiger partial charge in [-0.15, -0.1) is 0 Å². The maximum atomic E-state index is 11.9. The number of rotatable bonds is 6.